The highest BCUT2D eigenvalue weighted by atomic mass is 32.1. The number of rotatable bonds is 6. The molecule has 1 aliphatic rings. The van der Waals surface area contributed by atoms with Gasteiger partial charge in [0.05, 0.1) is 5.71 Å². The fourth-order valence-electron chi connectivity index (χ4n) is 3.18. The lowest BCUT2D eigenvalue weighted by Crippen LogP contribution is -2.12. The number of anilines is 1. The Kier molecular flexibility index (Phi) is 5.69. The van der Waals surface area contributed by atoms with Crippen molar-refractivity contribution in [3.8, 4) is 0 Å². The van der Waals surface area contributed by atoms with Crippen LogP contribution in [-0.2, 0) is 11.2 Å². The predicted octanol–water partition coefficient (Wildman–Crippen LogP) is 5.28. The molecule has 3 nitrogen and oxygen atoms in total. The molecule has 0 saturated carbocycles. The van der Waals surface area contributed by atoms with E-state index in [0.717, 1.165) is 28.3 Å². The first-order chi connectivity index (χ1) is 12.1. The highest BCUT2D eigenvalue weighted by Crippen LogP contribution is 2.33. The van der Waals surface area contributed by atoms with E-state index in [1.54, 1.807) is 11.3 Å². The van der Waals surface area contributed by atoms with Gasteiger partial charge in [-0.3, -0.25) is 9.79 Å². The number of amides is 1. The van der Waals surface area contributed by atoms with Crippen molar-refractivity contribution in [2.75, 3.05) is 11.9 Å². The highest BCUT2D eigenvalue weighted by Gasteiger charge is 2.22. The minimum Gasteiger partial charge on any atom is -0.316 e. The molecule has 1 N–H and O–H groups in total. The number of hydrogen-bond donors (Lipinski definition) is 1. The van der Waals surface area contributed by atoms with E-state index in [9.17, 15) is 4.79 Å². The largest absolute Gasteiger partial charge is 0.316 e. The molecule has 1 aromatic carbocycles. The zero-order valence-electron chi connectivity index (χ0n) is 15.3. The van der Waals surface area contributed by atoms with Gasteiger partial charge in [0, 0.05) is 16.0 Å². The maximum Gasteiger partial charge on any atom is 0.246 e. The predicted molar refractivity (Wildman–Crippen MR) is 107 cm³/mol. The molecule has 1 aromatic heterocycles. The SMILES string of the molecule is CCCCCCc1cc2c(s1)NC(=O)CN=C2c1cc(C)ccc1C. The smallest absolute Gasteiger partial charge is 0.246 e. The number of aryl methyl sites for hydroxylation is 3. The molecule has 0 radical (unpaired) electrons. The first-order valence-corrected chi connectivity index (χ1v) is 9.95. The summed E-state index contributed by atoms with van der Waals surface area (Å²) in [5.74, 6) is -0.0269. The van der Waals surface area contributed by atoms with Crippen LogP contribution in [-0.4, -0.2) is 18.2 Å². The standard InChI is InChI=1S/C21H26N2OS/c1-4-5-6-7-8-16-12-18-20(17-11-14(2)9-10-15(17)3)22-13-19(24)23-21(18)25-16/h9-12H,4-8,13H2,1-3H3,(H,23,24). The van der Waals surface area contributed by atoms with Crippen LogP contribution in [0.25, 0.3) is 0 Å². The van der Waals surface area contributed by atoms with Gasteiger partial charge in [-0.15, -0.1) is 11.3 Å². The van der Waals surface area contributed by atoms with Crippen molar-refractivity contribution >= 4 is 28.0 Å². The van der Waals surface area contributed by atoms with E-state index in [0.29, 0.717) is 0 Å². The normalized spacial score (nSPS) is 13.9. The van der Waals surface area contributed by atoms with Crippen LogP contribution in [0.4, 0.5) is 5.00 Å². The molecule has 2 heterocycles. The second-order valence-corrected chi connectivity index (χ2v) is 7.93. The molecular formula is C21H26N2OS. The summed E-state index contributed by atoms with van der Waals surface area (Å²) < 4.78 is 0. The molecule has 0 fully saturated rings. The Hall–Kier alpha value is -1.94. The number of aliphatic imine (C=N–C) groups is 1. The fraction of sp³-hybridized carbons (Fsp3) is 0.429. The van der Waals surface area contributed by atoms with Gasteiger partial charge in [-0.1, -0.05) is 43.9 Å². The number of benzene rings is 1. The molecule has 4 heteroatoms. The Bertz CT molecular complexity index is 804. The van der Waals surface area contributed by atoms with Crippen LogP contribution in [0.1, 0.15) is 59.7 Å². The molecule has 0 aliphatic carbocycles. The molecular weight excluding hydrogens is 328 g/mol. The number of nitrogens with zero attached hydrogens (tertiary/aromatic N) is 1. The highest BCUT2D eigenvalue weighted by molar-refractivity contribution is 7.16. The lowest BCUT2D eigenvalue weighted by molar-refractivity contribution is -0.114. The van der Waals surface area contributed by atoms with Gasteiger partial charge in [-0.2, -0.15) is 0 Å². The summed E-state index contributed by atoms with van der Waals surface area (Å²) in [5, 5.41) is 3.99. The average Bonchev–Trinajstić information content (AvgIpc) is 2.90. The third-order valence-corrected chi connectivity index (χ3v) is 5.71. The van der Waals surface area contributed by atoms with Crippen molar-refractivity contribution in [2.45, 2.75) is 52.9 Å². The van der Waals surface area contributed by atoms with Crippen LogP contribution < -0.4 is 5.32 Å². The Morgan fingerprint density at radius 3 is 2.76 bits per heavy atom. The number of carbonyl (C=O) groups is 1. The van der Waals surface area contributed by atoms with Gasteiger partial charge >= 0.3 is 0 Å². The minimum atomic E-state index is -0.0269. The van der Waals surface area contributed by atoms with Gasteiger partial charge in [-0.05, 0) is 44.4 Å². The van der Waals surface area contributed by atoms with Crippen molar-refractivity contribution in [3.05, 3.63) is 51.4 Å². The molecule has 3 rings (SSSR count). The van der Waals surface area contributed by atoms with Crippen LogP contribution >= 0.6 is 11.3 Å². The first-order valence-electron chi connectivity index (χ1n) is 9.13. The number of fused-ring (bicyclic) bond motifs is 1. The molecule has 1 aliphatic heterocycles. The molecule has 2 aromatic rings. The van der Waals surface area contributed by atoms with Crippen molar-refractivity contribution in [1.29, 1.82) is 0 Å². The number of hydrogen-bond acceptors (Lipinski definition) is 3. The minimum absolute atomic E-state index is 0.0269. The molecule has 0 spiro atoms. The van der Waals surface area contributed by atoms with E-state index in [1.807, 2.05) is 0 Å². The van der Waals surface area contributed by atoms with Crippen molar-refractivity contribution in [3.63, 3.8) is 0 Å². The molecule has 0 bridgehead atoms. The second-order valence-electron chi connectivity index (χ2n) is 6.80. The van der Waals surface area contributed by atoms with Crippen LogP contribution in [0, 0.1) is 13.8 Å². The molecule has 0 atom stereocenters. The average molecular weight is 355 g/mol. The summed E-state index contributed by atoms with van der Waals surface area (Å²) >= 11 is 1.71. The van der Waals surface area contributed by atoms with Crippen molar-refractivity contribution in [1.82, 2.24) is 0 Å². The third kappa shape index (κ3) is 4.18. The molecule has 1 amide bonds. The summed E-state index contributed by atoms with van der Waals surface area (Å²) in [6.45, 7) is 6.62. The number of unbranched alkanes of at least 4 members (excludes halogenated alkanes) is 3. The Labute approximate surface area is 154 Å². The summed E-state index contributed by atoms with van der Waals surface area (Å²) in [7, 11) is 0. The lowest BCUT2D eigenvalue weighted by atomic mass is 9.97. The second kappa shape index (κ2) is 7.96. The van der Waals surface area contributed by atoms with Gasteiger partial charge < -0.3 is 5.32 Å². The first kappa shape index (κ1) is 17.9. The number of nitrogens with one attached hydrogen (secondary N) is 1. The van der Waals surface area contributed by atoms with Gasteiger partial charge in [0.15, 0.2) is 0 Å². The molecule has 132 valence electrons. The van der Waals surface area contributed by atoms with Crippen LogP contribution in [0.3, 0.4) is 0 Å². The summed E-state index contributed by atoms with van der Waals surface area (Å²) in [6, 6.07) is 8.66. The number of thiophene rings is 1. The van der Waals surface area contributed by atoms with Crippen molar-refractivity contribution in [2.24, 2.45) is 4.99 Å². The van der Waals surface area contributed by atoms with E-state index in [-0.39, 0.29) is 12.5 Å². The van der Waals surface area contributed by atoms with Gasteiger partial charge in [0.25, 0.3) is 0 Å². The summed E-state index contributed by atoms with van der Waals surface area (Å²) in [4.78, 5) is 18.1. The summed E-state index contributed by atoms with van der Waals surface area (Å²) in [6.07, 6.45) is 6.09. The van der Waals surface area contributed by atoms with E-state index in [1.165, 1.54) is 41.7 Å². The zero-order valence-corrected chi connectivity index (χ0v) is 16.1. The Morgan fingerprint density at radius 1 is 1.12 bits per heavy atom. The topological polar surface area (TPSA) is 41.5 Å². The quantitative estimate of drug-likeness (QED) is 0.705. The summed E-state index contributed by atoms with van der Waals surface area (Å²) in [5.41, 5.74) is 5.57. The zero-order chi connectivity index (χ0) is 17.8. The van der Waals surface area contributed by atoms with E-state index in [2.05, 4.69) is 55.3 Å². The van der Waals surface area contributed by atoms with Crippen LogP contribution in [0.2, 0.25) is 0 Å². The van der Waals surface area contributed by atoms with Gasteiger partial charge in [-0.25, -0.2) is 0 Å². The van der Waals surface area contributed by atoms with E-state index in [4.69, 9.17) is 0 Å². The van der Waals surface area contributed by atoms with E-state index >= 15 is 0 Å². The van der Waals surface area contributed by atoms with Gasteiger partial charge in [0.2, 0.25) is 5.91 Å². The number of carbonyl (C=O) groups excluding carboxylic acids is 1. The van der Waals surface area contributed by atoms with Crippen LogP contribution in [0.15, 0.2) is 29.3 Å². The lowest BCUT2D eigenvalue weighted by Gasteiger charge is -2.09. The van der Waals surface area contributed by atoms with Crippen molar-refractivity contribution < 1.29 is 4.79 Å². The molecule has 0 unspecified atom stereocenters. The van der Waals surface area contributed by atoms with E-state index < -0.39 is 0 Å². The maximum absolute atomic E-state index is 12.1. The maximum atomic E-state index is 12.1. The van der Waals surface area contributed by atoms with Gasteiger partial charge in [0.1, 0.15) is 11.5 Å². The fourth-order valence-corrected chi connectivity index (χ4v) is 4.30. The Balaban J connectivity index is 1.94. The third-order valence-electron chi connectivity index (χ3n) is 4.60. The van der Waals surface area contributed by atoms with Crippen LogP contribution in [0.5, 0.6) is 0 Å². The monoisotopic (exact) mass is 354 g/mol. The molecule has 25 heavy (non-hydrogen) atoms. The molecule has 0 saturated heterocycles. The Morgan fingerprint density at radius 2 is 1.96 bits per heavy atom.